The van der Waals surface area contributed by atoms with E-state index >= 15 is 0 Å². The minimum Gasteiger partial charge on any atom is -0.399 e. The van der Waals surface area contributed by atoms with Crippen LogP contribution in [0.15, 0.2) is 36.4 Å². The Morgan fingerprint density at radius 1 is 1.29 bits per heavy atom. The summed E-state index contributed by atoms with van der Waals surface area (Å²) in [7, 11) is 0. The van der Waals surface area contributed by atoms with Gasteiger partial charge in [0.2, 0.25) is 5.95 Å². The van der Waals surface area contributed by atoms with Crippen molar-refractivity contribution in [3.63, 3.8) is 0 Å². The summed E-state index contributed by atoms with van der Waals surface area (Å²) in [5.74, 6) is 0.680. The molecule has 21 heavy (non-hydrogen) atoms. The van der Waals surface area contributed by atoms with E-state index in [1.165, 1.54) is 11.1 Å². The molecule has 5 nitrogen and oxygen atoms in total. The minimum atomic E-state index is 0.262. The summed E-state index contributed by atoms with van der Waals surface area (Å²) < 4.78 is 1.86. The first-order chi connectivity index (χ1) is 10.2. The smallest absolute Gasteiger partial charge is 0.243 e. The average Bonchev–Trinajstić information content (AvgIpc) is 3.04. The standard InChI is InChI=1S/C16H17N5/c1-10-3-2-4-15-19-16(20-21(10)15)18-14-8-5-11-9-12(17)6-7-13(11)14/h2-4,6-7,9,14H,5,8,17H2,1H3,(H,18,20). The van der Waals surface area contributed by atoms with E-state index in [1.54, 1.807) is 0 Å². The zero-order chi connectivity index (χ0) is 14.4. The average molecular weight is 279 g/mol. The van der Waals surface area contributed by atoms with Crippen LogP contribution in [-0.2, 0) is 6.42 Å². The van der Waals surface area contributed by atoms with Gasteiger partial charge in [0.25, 0.3) is 0 Å². The van der Waals surface area contributed by atoms with Crippen LogP contribution in [0.1, 0.15) is 29.3 Å². The van der Waals surface area contributed by atoms with Gasteiger partial charge in [-0.25, -0.2) is 4.52 Å². The number of pyridine rings is 1. The number of rotatable bonds is 2. The maximum Gasteiger partial charge on any atom is 0.243 e. The molecule has 1 unspecified atom stereocenters. The van der Waals surface area contributed by atoms with Gasteiger partial charge >= 0.3 is 0 Å². The second-order valence-electron chi connectivity index (χ2n) is 5.57. The van der Waals surface area contributed by atoms with Gasteiger partial charge in [-0.15, -0.1) is 5.10 Å². The third kappa shape index (κ3) is 2.01. The molecule has 0 fully saturated rings. The van der Waals surface area contributed by atoms with Gasteiger partial charge in [-0.1, -0.05) is 12.1 Å². The molecule has 1 aliphatic carbocycles. The molecule has 2 heterocycles. The largest absolute Gasteiger partial charge is 0.399 e. The fraction of sp³-hybridized carbons (Fsp3) is 0.250. The monoisotopic (exact) mass is 279 g/mol. The molecule has 2 aromatic heterocycles. The molecule has 0 aliphatic heterocycles. The van der Waals surface area contributed by atoms with Crippen molar-refractivity contribution in [3.05, 3.63) is 53.2 Å². The number of hydrogen-bond donors (Lipinski definition) is 2. The van der Waals surface area contributed by atoms with Crippen LogP contribution in [0.3, 0.4) is 0 Å². The van der Waals surface area contributed by atoms with Gasteiger partial charge in [0.05, 0.1) is 6.04 Å². The summed E-state index contributed by atoms with van der Waals surface area (Å²) in [6, 6.07) is 12.4. The Kier molecular flexibility index (Phi) is 2.60. The van der Waals surface area contributed by atoms with Crippen molar-refractivity contribution in [1.29, 1.82) is 0 Å². The number of fused-ring (bicyclic) bond motifs is 2. The molecule has 4 rings (SSSR count). The summed E-state index contributed by atoms with van der Waals surface area (Å²) in [6.45, 7) is 2.03. The first-order valence-corrected chi connectivity index (χ1v) is 7.18. The molecule has 0 amide bonds. The molecular formula is C16H17N5. The SMILES string of the molecule is Cc1cccc2nc(NC3CCc4cc(N)ccc43)nn12. The predicted molar refractivity (Wildman–Crippen MR) is 83.3 cm³/mol. The number of anilines is 2. The first kappa shape index (κ1) is 12.2. The topological polar surface area (TPSA) is 68.2 Å². The lowest BCUT2D eigenvalue weighted by Crippen LogP contribution is -2.08. The molecule has 0 radical (unpaired) electrons. The Morgan fingerprint density at radius 3 is 3.05 bits per heavy atom. The highest BCUT2D eigenvalue weighted by molar-refractivity contribution is 5.51. The lowest BCUT2D eigenvalue weighted by molar-refractivity contribution is 0.749. The number of benzene rings is 1. The molecule has 0 saturated carbocycles. The molecule has 5 heteroatoms. The minimum absolute atomic E-state index is 0.262. The van der Waals surface area contributed by atoms with E-state index in [0.29, 0.717) is 5.95 Å². The highest BCUT2D eigenvalue weighted by Crippen LogP contribution is 2.34. The molecule has 106 valence electrons. The van der Waals surface area contributed by atoms with E-state index < -0.39 is 0 Å². The summed E-state index contributed by atoms with van der Waals surface area (Å²) in [6.07, 6.45) is 2.09. The molecule has 1 atom stereocenters. The normalized spacial score (nSPS) is 17.1. The Balaban J connectivity index is 1.66. The van der Waals surface area contributed by atoms with Crippen molar-refractivity contribution in [2.45, 2.75) is 25.8 Å². The van der Waals surface area contributed by atoms with E-state index in [0.717, 1.165) is 29.9 Å². The molecule has 0 bridgehead atoms. The molecule has 3 aromatic rings. The third-order valence-corrected chi connectivity index (χ3v) is 4.10. The fourth-order valence-corrected chi connectivity index (χ4v) is 3.04. The van der Waals surface area contributed by atoms with Gasteiger partial charge in [-0.2, -0.15) is 4.98 Å². The van der Waals surface area contributed by atoms with Crippen molar-refractivity contribution in [1.82, 2.24) is 14.6 Å². The lowest BCUT2D eigenvalue weighted by atomic mass is 10.1. The van der Waals surface area contributed by atoms with Gasteiger partial charge in [0, 0.05) is 11.4 Å². The van der Waals surface area contributed by atoms with E-state index in [2.05, 4.69) is 27.5 Å². The van der Waals surface area contributed by atoms with Crippen molar-refractivity contribution < 1.29 is 0 Å². The zero-order valence-corrected chi connectivity index (χ0v) is 11.9. The maximum absolute atomic E-state index is 5.85. The van der Waals surface area contributed by atoms with Crippen LogP contribution in [0.2, 0.25) is 0 Å². The summed E-state index contributed by atoms with van der Waals surface area (Å²) in [4.78, 5) is 4.54. The Bertz CT molecular complexity index is 821. The van der Waals surface area contributed by atoms with E-state index in [1.807, 2.05) is 35.7 Å². The molecule has 1 aliphatic rings. The lowest BCUT2D eigenvalue weighted by Gasteiger charge is -2.12. The van der Waals surface area contributed by atoms with Crippen LogP contribution in [0, 0.1) is 6.92 Å². The number of aryl methyl sites for hydroxylation is 2. The molecular weight excluding hydrogens is 262 g/mol. The van der Waals surface area contributed by atoms with Crippen molar-refractivity contribution in [3.8, 4) is 0 Å². The number of nitrogen functional groups attached to an aromatic ring is 1. The Morgan fingerprint density at radius 2 is 2.19 bits per heavy atom. The zero-order valence-electron chi connectivity index (χ0n) is 11.9. The van der Waals surface area contributed by atoms with Gasteiger partial charge in [-0.05, 0) is 55.2 Å². The van der Waals surface area contributed by atoms with Gasteiger partial charge in [0.15, 0.2) is 5.65 Å². The van der Waals surface area contributed by atoms with Gasteiger partial charge in [0.1, 0.15) is 0 Å². The highest BCUT2D eigenvalue weighted by Gasteiger charge is 2.23. The maximum atomic E-state index is 5.85. The molecule has 0 spiro atoms. The molecule has 3 N–H and O–H groups in total. The van der Waals surface area contributed by atoms with Crippen LogP contribution in [0.4, 0.5) is 11.6 Å². The quantitative estimate of drug-likeness (QED) is 0.708. The van der Waals surface area contributed by atoms with Crippen LogP contribution < -0.4 is 11.1 Å². The predicted octanol–water partition coefficient (Wildman–Crippen LogP) is 2.72. The first-order valence-electron chi connectivity index (χ1n) is 7.18. The number of aromatic nitrogens is 3. The third-order valence-electron chi connectivity index (χ3n) is 4.10. The summed E-state index contributed by atoms with van der Waals surface area (Å²) in [5, 5.41) is 7.99. The van der Waals surface area contributed by atoms with E-state index in [9.17, 15) is 0 Å². The highest BCUT2D eigenvalue weighted by atomic mass is 15.4. The Labute approximate surface area is 122 Å². The number of nitrogens with two attached hydrogens (primary N) is 1. The van der Waals surface area contributed by atoms with Crippen molar-refractivity contribution in [2.24, 2.45) is 0 Å². The molecule has 0 saturated heterocycles. The van der Waals surface area contributed by atoms with Crippen molar-refractivity contribution in [2.75, 3.05) is 11.1 Å². The molecule has 1 aromatic carbocycles. The summed E-state index contributed by atoms with van der Waals surface area (Å²) in [5.41, 5.74) is 11.3. The van der Waals surface area contributed by atoms with E-state index in [-0.39, 0.29) is 6.04 Å². The fourth-order valence-electron chi connectivity index (χ4n) is 3.04. The number of nitrogens with zero attached hydrogens (tertiary/aromatic N) is 3. The van der Waals surface area contributed by atoms with Crippen molar-refractivity contribution >= 4 is 17.3 Å². The van der Waals surface area contributed by atoms with Crippen LogP contribution >= 0.6 is 0 Å². The second-order valence-corrected chi connectivity index (χ2v) is 5.57. The van der Waals surface area contributed by atoms with Gasteiger partial charge < -0.3 is 11.1 Å². The van der Waals surface area contributed by atoms with Crippen LogP contribution in [-0.4, -0.2) is 14.6 Å². The Hall–Kier alpha value is -2.56. The van der Waals surface area contributed by atoms with Crippen LogP contribution in [0.5, 0.6) is 0 Å². The van der Waals surface area contributed by atoms with Crippen LogP contribution in [0.25, 0.3) is 5.65 Å². The summed E-state index contributed by atoms with van der Waals surface area (Å²) >= 11 is 0. The van der Waals surface area contributed by atoms with Gasteiger partial charge in [-0.3, -0.25) is 0 Å². The number of nitrogens with one attached hydrogen (secondary N) is 1. The second kappa shape index (κ2) is 4.48. The number of hydrogen-bond acceptors (Lipinski definition) is 4. The van der Waals surface area contributed by atoms with E-state index in [4.69, 9.17) is 5.73 Å².